The number of carboxylic acid groups (broad SMARTS) is 1. The topological polar surface area (TPSA) is 188 Å². The number of aldehydes is 1. The zero-order valence-corrected chi connectivity index (χ0v) is 28.8. The third-order valence-corrected chi connectivity index (χ3v) is 8.58. The minimum Gasteiger partial charge on any atom is -0.481 e. The van der Waals surface area contributed by atoms with Crippen molar-refractivity contribution < 1.29 is 43.4 Å². The lowest BCUT2D eigenvalue weighted by Crippen LogP contribution is -2.59. The van der Waals surface area contributed by atoms with Crippen molar-refractivity contribution in [1.82, 2.24) is 20.9 Å². The Labute approximate surface area is 286 Å². The number of nitrogens with zero attached hydrogens (tertiary/aromatic N) is 1. The second kappa shape index (κ2) is 18.1. The summed E-state index contributed by atoms with van der Waals surface area (Å²) >= 11 is 0. The number of carboxylic acids is 1. The summed E-state index contributed by atoms with van der Waals surface area (Å²) in [6, 6.07) is 8.77. The molecule has 13 heteroatoms. The molecule has 13 nitrogen and oxygen atoms in total. The van der Waals surface area contributed by atoms with E-state index in [-0.39, 0.29) is 31.7 Å². The highest BCUT2D eigenvalue weighted by molar-refractivity contribution is 5.97. The smallest absolute Gasteiger partial charge is 0.338 e. The molecule has 2 aromatic rings. The molecule has 4 amide bonds. The number of ether oxygens (including phenoxy) is 1. The summed E-state index contributed by atoms with van der Waals surface area (Å²) in [5.41, 5.74) is 0.312. The highest BCUT2D eigenvalue weighted by atomic mass is 16.5. The van der Waals surface area contributed by atoms with Gasteiger partial charge in [0, 0.05) is 19.3 Å². The van der Waals surface area contributed by atoms with Crippen molar-refractivity contribution in [2.75, 3.05) is 6.54 Å². The third kappa shape index (κ3) is 10.8. The number of fused-ring (bicyclic) bond motifs is 1. The number of unbranched alkanes of at least 4 members (excludes halogenated alkanes) is 1. The molecule has 1 heterocycles. The molecule has 5 atom stereocenters. The Balaban J connectivity index is 1.79. The van der Waals surface area contributed by atoms with Crippen LogP contribution in [-0.2, 0) is 33.5 Å². The monoisotopic (exact) mass is 680 g/mol. The number of amides is 4. The molecule has 266 valence electrons. The van der Waals surface area contributed by atoms with Gasteiger partial charge in [0.05, 0.1) is 18.2 Å². The Morgan fingerprint density at radius 1 is 0.898 bits per heavy atom. The number of nitrogens with one attached hydrogen (secondary N) is 3. The maximum atomic E-state index is 14.1. The minimum absolute atomic E-state index is 0.0164. The van der Waals surface area contributed by atoms with Gasteiger partial charge in [0.15, 0.2) is 0 Å². The largest absolute Gasteiger partial charge is 0.481 e. The summed E-state index contributed by atoms with van der Waals surface area (Å²) in [7, 11) is 0. The predicted molar refractivity (Wildman–Crippen MR) is 181 cm³/mol. The lowest BCUT2D eigenvalue weighted by molar-refractivity contribution is -0.143. The van der Waals surface area contributed by atoms with E-state index >= 15 is 0 Å². The van der Waals surface area contributed by atoms with Crippen LogP contribution in [0.5, 0.6) is 0 Å². The summed E-state index contributed by atoms with van der Waals surface area (Å²) < 4.78 is 5.80. The van der Waals surface area contributed by atoms with Crippen molar-refractivity contribution in [3.63, 3.8) is 0 Å². The molecule has 0 saturated carbocycles. The Morgan fingerprint density at radius 3 is 2.16 bits per heavy atom. The van der Waals surface area contributed by atoms with Gasteiger partial charge in [-0.1, -0.05) is 65.0 Å². The maximum Gasteiger partial charge on any atom is 0.338 e. The van der Waals surface area contributed by atoms with Gasteiger partial charge >= 0.3 is 11.9 Å². The van der Waals surface area contributed by atoms with Crippen LogP contribution in [0, 0.1) is 11.8 Å². The Morgan fingerprint density at radius 2 is 1.55 bits per heavy atom. The molecule has 0 radical (unpaired) electrons. The van der Waals surface area contributed by atoms with Crippen LogP contribution in [0.3, 0.4) is 0 Å². The van der Waals surface area contributed by atoms with E-state index in [1.807, 2.05) is 24.3 Å². The molecule has 0 aliphatic carbocycles. The lowest BCUT2D eigenvalue weighted by Gasteiger charge is -2.32. The van der Waals surface area contributed by atoms with E-state index < -0.39 is 71.8 Å². The average molecular weight is 681 g/mol. The van der Waals surface area contributed by atoms with Crippen molar-refractivity contribution in [3.8, 4) is 0 Å². The van der Waals surface area contributed by atoms with E-state index in [1.165, 1.54) is 4.90 Å². The second-order valence-electron chi connectivity index (χ2n) is 13.1. The molecular weight excluding hydrogens is 632 g/mol. The van der Waals surface area contributed by atoms with E-state index in [4.69, 9.17) is 9.84 Å². The van der Waals surface area contributed by atoms with Gasteiger partial charge in [-0.3, -0.25) is 24.0 Å². The van der Waals surface area contributed by atoms with Crippen molar-refractivity contribution in [3.05, 3.63) is 48.0 Å². The third-order valence-electron chi connectivity index (χ3n) is 8.58. The summed E-state index contributed by atoms with van der Waals surface area (Å²) in [6.45, 7) is 8.57. The Hall–Kier alpha value is -4.81. The van der Waals surface area contributed by atoms with Crippen molar-refractivity contribution in [2.24, 2.45) is 11.8 Å². The van der Waals surface area contributed by atoms with Gasteiger partial charge < -0.3 is 35.5 Å². The van der Waals surface area contributed by atoms with Gasteiger partial charge in [0.2, 0.25) is 23.6 Å². The molecule has 1 saturated heterocycles. The summed E-state index contributed by atoms with van der Waals surface area (Å²) in [6.07, 6.45) is 0.723. The van der Waals surface area contributed by atoms with Crippen molar-refractivity contribution in [2.45, 2.75) is 103 Å². The van der Waals surface area contributed by atoms with Crippen LogP contribution in [0.2, 0.25) is 0 Å². The first-order valence-electron chi connectivity index (χ1n) is 16.8. The molecule has 3 rings (SSSR count). The van der Waals surface area contributed by atoms with Crippen LogP contribution in [0.4, 0.5) is 0 Å². The van der Waals surface area contributed by atoms with E-state index in [9.17, 15) is 33.6 Å². The fraction of sp³-hybridized carbons (Fsp3) is 0.528. The van der Waals surface area contributed by atoms with E-state index in [2.05, 4.69) is 16.0 Å². The van der Waals surface area contributed by atoms with Crippen LogP contribution in [0.1, 0.15) is 83.5 Å². The first-order chi connectivity index (χ1) is 23.2. The number of aliphatic carboxylic acids is 1. The first-order valence-corrected chi connectivity index (χ1v) is 16.8. The highest BCUT2D eigenvalue weighted by Gasteiger charge is 2.45. The fourth-order valence-electron chi connectivity index (χ4n) is 5.70. The standard InChI is InChI=1S/C36H48N4O9/c1-6-26(20-41)37-33(45)28-18-27(49-36(48)25-16-15-23-11-7-8-12-24(23)17-25)19-40(28)35(47)32(22(4)5)39-34(46)31(21(2)3)38-29(42)13-9-10-14-30(43)44/h7-8,11-12,15-17,20-22,26-28,31-32H,6,9-10,13-14,18-19H2,1-5H3,(H,37,45)(H,38,42)(H,39,46)(H,43,44)/t26-,27+,28-,31+,32+/m0/s1. The average Bonchev–Trinajstić information content (AvgIpc) is 3.49. The zero-order valence-electron chi connectivity index (χ0n) is 28.8. The fourth-order valence-corrected chi connectivity index (χ4v) is 5.70. The molecule has 1 fully saturated rings. The number of hydrogen-bond donors (Lipinski definition) is 4. The van der Waals surface area contributed by atoms with Crippen LogP contribution in [0.15, 0.2) is 42.5 Å². The molecule has 2 aromatic carbocycles. The van der Waals surface area contributed by atoms with E-state index in [0.717, 1.165) is 10.8 Å². The van der Waals surface area contributed by atoms with Gasteiger partial charge in [-0.2, -0.15) is 0 Å². The number of carbonyl (C=O) groups is 7. The SMILES string of the molecule is CC[C@@H](C=O)NC(=O)[C@@H]1C[C@@H](OC(=O)c2ccc3ccccc3c2)CN1C(=O)[C@H](NC(=O)[C@H](NC(=O)CCCCC(=O)O)C(C)C)C(C)C. The van der Waals surface area contributed by atoms with Crippen molar-refractivity contribution in [1.29, 1.82) is 0 Å². The maximum absolute atomic E-state index is 14.1. The normalized spacial score (nSPS) is 17.7. The van der Waals surface area contributed by atoms with Crippen LogP contribution >= 0.6 is 0 Å². The van der Waals surface area contributed by atoms with Gasteiger partial charge in [-0.15, -0.1) is 0 Å². The highest BCUT2D eigenvalue weighted by Crippen LogP contribution is 2.25. The van der Waals surface area contributed by atoms with Crippen LogP contribution in [-0.4, -0.2) is 88.7 Å². The number of likely N-dealkylation sites (tertiary alicyclic amines) is 1. The van der Waals surface area contributed by atoms with E-state index in [1.54, 1.807) is 52.8 Å². The molecule has 0 bridgehead atoms. The molecule has 0 unspecified atom stereocenters. The summed E-state index contributed by atoms with van der Waals surface area (Å²) in [4.78, 5) is 90.4. The zero-order chi connectivity index (χ0) is 36.2. The molecule has 4 N–H and O–H groups in total. The van der Waals surface area contributed by atoms with Crippen LogP contribution in [0.25, 0.3) is 10.8 Å². The molecule has 0 spiro atoms. The number of benzene rings is 2. The van der Waals surface area contributed by atoms with Gasteiger partial charge in [0.1, 0.15) is 30.5 Å². The molecule has 49 heavy (non-hydrogen) atoms. The Bertz CT molecular complexity index is 1520. The summed E-state index contributed by atoms with van der Waals surface area (Å²) in [5, 5.41) is 18.7. The second-order valence-corrected chi connectivity index (χ2v) is 13.1. The Kier molecular flexibility index (Phi) is 14.3. The summed E-state index contributed by atoms with van der Waals surface area (Å²) in [5.74, 6) is -4.51. The molecule has 1 aliphatic rings. The number of hydrogen-bond acceptors (Lipinski definition) is 8. The first kappa shape index (κ1) is 38.6. The lowest BCUT2D eigenvalue weighted by atomic mass is 9.98. The van der Waals surface area contributed by atoms with Gasteiger partial charge in [-0.05, 0) is 54.0 Å². The van der Waals surface area contributed by atoms with E-state index in [0.29, 0.717) is 31.1 Å². The molecular formula is C36H48N4O9. The van der Waals surface area contributed by atoms with Gasteiger partial charge in [0.25, 0.3) is 0 Å². The predicted octanol–water partition coefficient (Wildman–Crippen LogP) is 2.99. The molecule has 0 aromatic heterocycles. The van der Waals surface area contributed by atoms with Crippen molar-refractivity contribution >= 4 is 52.6 Å². The molecule has 1 aliphatic heterocycles. The quantitative estimate of drug-likeness (QED) is 0.111. The minimum atomic E-state index is -1.10. The van der Waals surface area contributed by atoms with Gasteiger partial charge in [-0.25, -0.2) is 4.79 Å². The van der Waals surface area contributed by atoms with Crippen LogP contribution < -0.4 is 16.0 Å². The number of rotatable bonds is 17. The number of esters is 1. The number of carbonyl (C=O) groups excluding carboxylic acids is 6.